The van der Waals surface area contributed by atoms with Gasteiger partial charge in [-0.15, -0.1) is 0 Å². The lowest BCUT2D eigenvalue weighted by molar-refractivity contribution is -0.142. The first-order chi connectivity index (χ1) is 6.54. The number of rotatable bonds is 5. The van der Waals surface area contributed by atoms with E-state index in [-0.39, 0.29) is 5.97 Å². The number of ether oxygens (including phenoxy) is 2. The van der Waals surface area contributed by atoms with Gasteiger partial charge in [0.05, 0.1) is 6.61 Å². The Morgan fingerprint density at radius 2 is 1.86 bits per heavy atom. The minimum atomic E-state index is -0.255. The monoisotopic (exact) mass is 200 g/mol. The second-order valence-corrected chi connectivity index (χ2v) is 2.59. The fourth-order valence-corrected chi connectivity index (χ4v) is 0.389. The van der Waals surface area contributed by atoms with Gasteiger partial charge < -0.3 is 9.47 Å². The number of carbonyl (C=O) groups excluding carboxylic acids is 1. The Morgan fingerprint density at radius 1 is 1.36 bits per heavy atom. The van der Waals surface area contributed by atoms with Crippen molar-refractivity contribution in [1.29, 1.82) is 0 Å². The number of hydrogen-bond donors (Lipinski definition) is 0. The van der Waals surface area contributed by atoms with Gasteiger partial charge in [0, 0.05) is 13.5 Å². The first-order valence-corrected chi connectivity index (χ1v) is 4.53. The molecule has 0 aliphatic rings. The van der Waals surface area contributed by atoms with E-state index >= 15 is 0 Å². The summed E-state index contributed by atoms with van der Waals surface area (Å²) >= 11 is 0. The maximum Gasteiger partial charge on any atom is 0.302 e. The first kappa shape index (κ1) is 15.4. The summed E-state index contributed by atoms with van der Waals surface area (Å²) in [6.45, 7) is 13.7. The molecule has 0 aliphatic carbocycles. The van der Waals surface area contributed by atoms with Crippen LogP contribution in [0.2, 0.25) is 0 Å². The summed E-state index contributed by atoms with van der Waals surface area (Å²) in [5.41, 5.74) is 1.02. The highest BCUT2D eigenvalue weighted by Crippen LogP contribution is 1.81. The zero-order chi connectivity index (χ0) is 11.4. The third-order valence-electron chi connectivity index (χ3n) is 1.09. The minimum Gasteiger partial charge on any atom is -0.463 e. The van der Waals surface area contributed by atoms with Gasteiger partial charge in [0.1, 0.15) is 6.61 Å². The van der Waals surface area contributed by atoms with Crippen LogP contribution in [0.3, 0.4) is 0 Å². The summed E-state index contributed by atoms with van der Waals surface area (Å²) in [4.78, 5) is 10.1. The SMILES string of the molecule is C=CC(=C)C.CCOCCOC(C)=O. The number of esters is 1. The molecule has 0 aromatic carbocycles. The average Bonchev–Trinajstić information content (AvgIpc) is 2.13. The number of allylic oxidation sites excluding steroid dienone is 2. The van der Waals surface area contributed by atoms with Gasteiger partial charge in [0.2, 0.25) is 0 Å². The van der Waals surface area contributed by atoms with Gasteiger partial charge >= 0.3 is 5.97 Å². The van der Waals surface area contributed by atoms with Gasteiger partial charge in [-0.05, 0) is 13.8 Å². The lowest BCUT2D eigenvalue weighted by Gasteiger charge is -1.99. The molecular weight excluding hydrogens is 180 g/mol. The van der Waals surface area contributed by atoms with Crippen molar-refractivity contribution in [1.82, 2.24) is 0 Å². The molecule has 0 N–H and O–H groups in total. The molecule has 82 valence electrons. The molecule has 0 fully saturated rings. The molecule has 0 unspecified atom stereocenters. The van der Waals surface area contributed by atoms with Gasteiger partial charge in [-0.25, -0.2) is 0 Å². The summed E-state index contributed by atoms with van der Waals surface area (Å²) in [6.07, 6.45) is 1.72. The summed E-state index contributed by atoms with van der Waals surface area (Å²) < 4.78 is 9.49. The van der Waals surface area contributed by atoms with Crippen LogP contribution >= 0.6 is 0 Å². The van der Waals surface area contributed by atoms with Crippen LogP contribution in [0, 0.1) is 0 Å². The van der Waals surface area contributed by atoms with E-state index in [1.165, 1.54) is 6.92 Å². The fraction of sp³-hybridized carbons (Fsp3) is 0.545. The molecule has 0 aromatic rings. The number of carbonyl (C=O) groups is 1. The van der Waals surface area contributed by atoms with E-state index in [1.807, 2.05) is 13.8 Å². The summed E-state index contributed by atoms with van der Waals surface area (Å²) in [7, 11) is 0. The van der Waals surface area contributed by atoms with Crippen molar-refractivity contribution in [3.8, 4) is 0 Å². The molecule has 0 saturated carbocycles. The second kappa shape index (κ2) is 11.9. The summed E-state index contributed by atoms with van der Waals surface area (Å²) in [5, 5.41) is 0. The lowest BCUT2D eigenvalue weighted by Crippen LogP contribution is -2.06. The Balaban J connectivity index is 0. The molecule has 14 heavy (non-hydrogen) atoms. The smallest absolute Gasteiger partial charge is 0.302 e. The molecule has 3 nitrogen and oxygen atoms in total. The van der Waals surface area contributed by atoms with Crippen molar-refractivity contribution in [2.45, 2.75) is 20.8 Å². The van der Waals surface area contributed by atoms with Crippen molar-refractivity contribution in [2.24, 2.45) is 0 Å². The Labute approximate surface area is 86.4 Å². The van der Waals surface area contributed by atoms with Crippen LogP contribution in [0.1, 0.15) is 20.8 Å². The van der Waals surface area contributed by atoms with Crippen LogP contribution in [0.5, 0.6) is 0 Å². The maximum atomic E-state index is 10.1. The Bertz CT molecular complexity index is 173. The molecular formula is C11H20O3. The second-order valence-electron chi connectivity index (χ2n) is 2.59. The molecule has 0 heterocycles. The van der Waals surface area contributed by atoms with Crippen molar-refractivity contribution in [3.05, 3.63) is 24.8 Å². The van der Waals surface area contributed by atoms with Crippen LogP contribution in [-0.2, 0) is 14.3 Å². The highest BCUT2D eigenvalue weighted by molar-refractivity contribution is 5.65. The summed E-state index contributed by atoms with van der Waals surface area (Å²) in [6, 6.07) is 0. The van der Waals surface area contributed by atoms with Gasteiger partial charge in [0.25, 0.3) is 0 Å². The molecule has 0 aromatic heterocycles. The zero-order valence-corrected chi connectivity index (χ0v) is 9.34. The Hall–Kier alpha value is -1.09. The largest absolute Gasteiger partial charge is 0.463 e. The van der Waals surface area contributed by atoms with Gasteiger partial charge in [-0.1, -0.05) is 24.8 Å². The standard InChI is InChI=1S/C6H12O3.C5H8/c1-3-8-4-5-9-6(2)7;1-4-5(2)3/h3-5H2,1-2H3;4H,1-2H2,3H3. The van der Waals surface area contributed by atoms with Crippen LogP contribution < -0.4 is 0 Å². The van der Waals surface area contributed by atoms with Crippen molar-refractivity contribution in [2.75, 3.05) is 19.8 Å². The van der Waals surface area contributed by atoms with Crippen LogP contribution in [-0.4, -0.2) is 25.8 Å². The van der Waals surface area contributed by atoms with E-state index < -0.39 is 0 Å². The Morgan fingerprint density at radius 3 is 2.14 bits per heavy atom. The molecule has 3 heteroatoms. The van der Waals surface area contributed by atoms with Crippen molar-refractivity contribution < 1.29 is 14.3 Å². The zero-order valence-electron chi connectivity index (χ0n) is 9.34. The predicted octanol–water partition coefficient (Wildman–Crippen LogP) is 2.33. The molecule has 0 radical (unpaired) electrons. The normalized spacial score (nSPS) is 8.21. The first-order valence-electron chi connectivity index (χ1n) is 4.53. The quantitative estimate of drug-likeness (QED) is 0.388. The topological polar surface area (TPSA) is 35.5 Å². The average molecular weight is 200 g/mol. The van der Waals surface area contributed by atoms with E-state index in [0.717, 1.165) is 5.57 Å². The molecule has 0 bridgehead atoms. The van der Waals surface area contributed by atoms with Crippen molar-refractivity contribution >= 4 is 5.97 Å². The van der Waals surface area contributed by atoms with Crippen LogP contribution in [0.25, 0.3) is 0 Å². The minimum absolute atomic E-state index is 0.255. The van der Waals surface area contributed by atoms with E-state index in [1.54, 1.807) is 6.08 Å². The van der Waals surface area contributed by atoms with Crippen molar-refractivity contribution in [3.63, 3.8) is 0 Å². The third kappa shape index (κ3) is 22.4. The third-order valence-corrected chi connectivity index (χ3v) is 1.09. The number of hydrogen-bond acceptors (Lipinski definition) is 3. The molecule has 0 spiro atoms. The van der Waals surface area contributed by atoms with Gasteiger partial charge in [-0.3, -0.25) is 4.79 Å². The van der Waals surface area contributed by atoms with E-state index in [9.17, 15) is 4.79 Å². The fourth-order valence-electron chi connectivity index (χ4n) is 0.389. The molecule has 0 rings (SSSR count). The van der Waals surface area contributed by atoms with Gasteiger partial charge in [-0.2, -0.15) is 0 Å². The highest BCUT2D eigenvalue weighted by Gasteiger charge is 1.89. The van der Waals surface area contributed by atoms with Crippen LogP contribution in [0.4, 0.5) is 0 Å². The van der Waals surface area contributed by atoms with Gasteiger partial charge in [0.15, 0.2) is 0 Å². The predicted molar refractivity (Wildman–Crippen MR) is 58.1 cm³/mol. The molecule has 0 aliphatic heterocycles. The summed E-state index contributed by atoms with van der Waals surface area (Å²) in [5.74, 6) is -0.255. The molecule has 0 atom stereocenters. The van der Waals surface area contributed by atoms with E-state index in [4.69, 9.17) is 4.74 Å². The molecule has 0 saturated heterocycles. The lowest BCUT2D eigenvalue weighted by atomic mass is 10.4. The highest BCUT2D eigenvalue weighted by atomic mass is 16.6. The van der Waals surface area contributed by atoms with E-state index in [2.05, 4.69) is 17.9 Å². The van der Waals surface area contributed by atoms with E-state index in [0.29, 0.717) is 19.8 Å². The van der Waals surface area contributed by atoms with Crippen LogP contribution in [0.15, 0.2) is 24.8 Å². The molecule has 0 amide bonds. The Kier molecular flexibility index (Phi) is 13.1. The maximum absolute atomic E-state index is 10.1.